The Morgan fingerprint density at radius 1 is 1.21 bits per heavy atom. The van der Waals surface area contributed by atoms with E-state index in [-0.39, 0.29) is 18.4 Å². The largest absolute Gasteiger partial charge is 0.462 e. The maximum Gasteiger partial charge on any atom is 0.234 e. The number of nitrogens with zero attached hydrogens (tertiary/aromatic N) is 3. The van der Waals surface area contributed by atoms with Crippen LogP contribution in [0.5, 0.6) is 0 Å². The molecule has 29 heavy (non-hydrogen) atoms. The molecule has 4 heterocycles. The van der Waals surface area contributed by atoms with E-state index in [4.69, 9.17) is 14.1 Å². The molecule has 1 amide bonds. The van der Waals surface area contributed by atoms with Crippen LogP contribution >= 0.6 is 22.7 Å². The van der Waals surface area contributed by atoms with Crippen LogP contribution in [-0.2, 0) is 16.0 Å². The summed E-state index contributed by atoms with van der Waals surface area (Å²) in [6.45, 7) is 1.28. The van der Waals surface area contributed by atoms with Gasteiger partial charge >= 0.3 is 0 Å². The Morgan fingerprint density at radius 3 is 2.93 bits per heavy atom. The molecule has 1 atom stereocenters. The molecule has 1 aliphatic rings. The quantitative estimate of drug-likeness (QED) is 0.445. The predicted octanol–water partition coefficient (Wildman–Crippen LogP) is 4.77. The molecule has 0 radical (unpaired) electrons. The van der Waals surface area contributed by atoms with Gasteiger partial charge in [-0.15, -0.1) is 11.3 Å². The number of thiazole rings is 2. The van der Waals surface area contributed by atoms with Gasteiger partial charge in [0, 0.05) is 12.0 Å². The van der Waals surface area contributed by atoms with E-state index < -0.39 is 0 Å². The maximum absolute atomic E-state index is 13.3. The van der Waals surface area contributed by atoms with Crippen LogP contribution < -0.4 is 4.90 Å². The lowest BCUT2D eigenvalue weighted by molar-refractivity contribution is -0.118. The van der Waals surface area contributed by atoms with Gasteiger partial charge < -0.3 is 9.15 Å². The van der Waals surface area contributed by atoms with Gasteiger partial charge in [-0.2, -0.15) is 0 Å². The maximum atomic E-state index is 13.3. The molecular formula is C21H19N3O3S2. The fourth-order valence-electron chi connectivity index (χ4n) is 3.41. The first kappa shape index (κ1) is 18.5. The van der Waals surface area contributed by atoms with Crippen molar-refractivity contribution in [1.82, 2.24) is 9.97 Å². The number of aromatic nitrogens is 2. The molecule has 1 saturated heterocycles. The van der Waals surface area contributed by atoms with Gasteiger partial charge in [-0.3, -0.25) is 9.69 Å². The minimum Gasteiger partial charge on any atom is -0.462 e. The molecule has 8 heteroatoms. The first-order valence-electron chi connectivity index (χ1n) is 9.52. The third kappa shape index (κ3) is 3.96. The first-order valence-corrected chi connectivity index (χ1v) is 11.2. The molecule has 5 rings (SSSR count). The number of hydrogen-bond donors (Lipinski definition) is 0. The molecule has 0 spiro atoms. The van der Waals surface area contributed by atoms with Crippen molar-refractivity contribution in [2.75, 3.05) is 18.1 Å². The number of carbonyl (C=O) groups excluding carboxylic acids is 1. The topological polar surface area (TPSA) is 68.5 Å². The average molecular weight is 426 g/mol. The van der Waals surface area contributed by atoms with E-state index in [0.717, 1.165) is 46.1 Å². The van der Waals surface area contributed by atoms with E-state index in [1.807, 2.05) is 41.8 Å². The van der Waals surface area contributed by atoms with E-state index in [1.54, 1.807) is 11.2 Å². The van der Waals surface area contributed by atoms with Gasteiger partial charge in [0.2, 0.25) is 5.91 Å². The fraction of sp³-hybridized carbons (Fsp3) is 0.286. The van der Waals surface area contributed by atoms with Crippen LogP contribution in [0.3, 0.4) is 0 Å². The number of carbonyl (C=O) groups is 1. The van der Waals surface area contributed by atoms with Gasteiger partial charge in [0.15, 0.2) is 15.9 Å². The molecule has 4 aromatic rings. The standard InChI is InChI=1S/C21H19N3O3S2/c25-19(11-14-13-28-20(22-14)17-7-4-10-27-17)24(12-15-5-3-9-26-15)21-23-16-6-1-2-8-18(16)29-21/h1-2,4,6-8,10,13,15H,3,5,9,11-12H2/t15-/m0/s1. The number of furan rings is 1. The second kappa shape index (κ2) is 8.06. The van der Waals surface area contributed by atoms with Gasteiger partial charge in [0.05, 0.1) is 41.2 Å². The normalized spacial score (nSPS) is 16.5. The lowest BCUT2D eigenvalue weighted by Gasteiger charge is -2.22. The van der Waals surface area contributed by atoms with E-state index >= 15 is 0 Å². The number of rotatable bonds is 6. The van der Waals surface area contributed by atoms with Crippen LogP contribution in [0.25, 0.3) is 21.0 Å². The number of fused-ring (bicyclic) bond motifs is 1. The Balaban J connectivity index is 1.39. The molecule has 0 unspecified atom stereocenters. The minimum absolute atomic E-state index is 0.0177. The summed E-state index contributed by atoms with van der Waals surface area (Å²) in [5, 5.41) is 3.41. The summed E-state index contributed by atoms with van der Waals surface area (Å²) < 4.78 is 12.3. The lowest BCUT2D eigenvalue weighted by Crippen LogP contribution is -2.38. The molecule has 1 fully saturated rings. The van der Waals surface area contributed by atoms with Crippen LogP contribution in [0.1, 0.15) is 18.5 Å². The Morgan fingerprint density at radius 2 is 2.14 bits per heavy atom. The zero-order valence-electron chi connectivity index (χ0n) is 15.6. The zero-order chi connectivity index (χ0) is 19.6. The number of para-hydroxylation sites is 1. The SMILES string of the molecule is O=C(Cc1csc(-c2ccco2)n1)N(C[C@@H]1CCCO1)c1nc2ccccc2s1. The molecule has 1 aromatic carbocycles. The van der Waals surface area contributed by atoms with Crippen LogP contribution in [0.4, 0.5) is 5.13 Å². The van der Waals surface area contributed by atoms with Gasteiger partial charge in [-0.25, -0.2) is 9.97 Å². The molecule has 0 N–H and O–H groups in total. The zero-order valence-corrected chi connectivity index (χ0v) is 17.2. The summed E-state index contributed by atoms with van der Waals surface area (Å²) in [5.74, 6) is 0.701. The summed E-state index contributed by atoms with van der Waals surface area (Å²) in [7, 11) is 0. The third-order valence-electron chi connectivity index (χ3n) is 4.84. The third-order valence-corrected chi connectivity index (χ3v) is 6.81. The number of anilines is 1. The first-order chi connectivity index (χ1) is 14.3. The van der Waals surface area contributed by atoms with E-state index in [2.05, 4.69) is 4.98 Å². The molecular weight excluding hydrogens is 406 g/mol. The Hall–Kier alpha value is -2.55. The summed E-state index contributed by atoms with van der Waals surface area (Å²) in [4.78, 5) is 24.3. The Bertz CT molecular complexity index is 1080. The molecule has 148 valence electrons. The summed E-state index contributed by atoms with van der Waals surface area (Å²) in [5.41, 5.74) is 1.65. The average Bonchev–Trinajstić information content (AvgIpc) is 3.53. The molecule has 3 aromatic heterocycles. The van der Waals surface area contributed by atoms with Crippen LogP contribution in [-0.4, -0.2) is 35.1 Å². The van der Waals surface area contributed by atoms with Gasteiger partial charge in [-0.05, 0) is 37.1 Å². The predicted molar refractivity (Wildman–Crippen MR) is 114 cm³/mol. The highest BCUT2D eigenvalue weighted by molar-refractivity contribution is 7.22. The molecule has 0 saturated carbocycles. The van der Waals surface area contributed by atoms with Crippen molar-refractivity contribution in [3.05, 3.63) is 53.7 Å². The van der Waals surface area contributed by atoms with Gasteiger partial charge in [-0.1, -0.05) is 23.5 Å². The molecule has 1 aliphatic heterocycles. The summed E-state index contributed by atoms with van der Waals surface area (Å²) >= 11 is 3.02. The number of amides is 1. The van der Waals surface area contributed by atoms with Crippen LogP contribution in [0.2, 0.25) is 0 Å². The van der Waals surface area contributed by atoms with Gasteiger partial charge in [0.1, 0.15) is 0 Å². The number of hydrogen-bond acceptors (Lipinski definition) is 7. The minimum atomic E-state index is -0.0177. The lowest BCUT2D eigenvalue weighted by atomic mass is 10.2. The number of benzene rings is 1. The monoisotopic (exact) mass is 425 g/mol. The Kier molecular flexibility index (Phi) is 5.13. The summed E-state index contributed by atoms with van der Waals surface area (Å²) in [6, 6.07) is 11.7. The van der Waals surface area contributed by atoms with Gasteiger partial charge in [0.25, 0.3) is 0 Å². The van der Waals surface area contributed by atoms with Crippen molar-refractivity contribution in [2.45, 2.75) is 25.4 Å². The second-order valence-corrected chi connectivity index (χ2v) is 8.77. The van der Waals surface area contributed by atoms with Crippen molar-refractivity contribution in [1.29, 1.82) is 0 Å². The highest BCUT2D eigenvalue weighted by Gasteiger charge is 2.26. The fourth-order valence-corrected chi connectivity index (χ4v) is 5.18. The van der Waals surface area contributed by atoms with E-state index in [0.29, 0.717) is 11.7 Å². The molecule has 0 bridgehead atoms. The van der Waals surface area contributed by atoms with Crippen LogP contribution in [0, 0.1) is 0 Å². The van der Waals surface area contributed by atoms with Crippen molar-refractivity contribution >= 4 is 43.9 Å². The van der Waals surface area contributed by atoms with E-state index in [9.17, 15) is 4.79 Å². The smallest absolute Gasteiger partial charge is 0.234 e. The molecule has 6 nitrogen and oxygen atoms in total. The second-order valence-electron chi connectivity index (χ2n) is 6.90. The highest BCUT2D eigenvalue weighted by Crippen LogP contribution is 2.31. The summed E-state index contributed by atoms with van der Waals surface area (Å²) in [6.07, 6.45) is 3.90. The van der Waals surface area contributed by atoms with Crippen molar-refractivity contribution in [2.24, 2.45) is 0 Å². The highest BCUT2D eigenvalue weighted by atomic mass is 32.1. The number of ether oxygens (including phenoxy) is 1. The van der Waals surface area contributed by atoms with Crippen LogP contribution in [0.15, 0.2) is 52.5 Å². The van der Waals surface area contributed by atoms with Crippen molar-refractivity contribution in [3.8, 4) is 10.8 Å². The van der Waals surface area contributed by atoms with Crippen molar-refractivity contribution in [3.63, 3.8) is 0 Å². The Labute approximate surface area is 175 Å². The van der Waals surface area contributed by atoms with Crippen molar-refractivity contribution < 1.29 is 13.9 Å². The molecule has 0 aliphatic carbocycles. The van der Waals surface area contributed by atoms with E-state index in [1.165, 1.54) is 22.7 Å².